The summed E-state index contributed by atoms with van der Waals surface area (Å²) in [7, 11) is 0. The average molecular weight is 266 g/mol. The molecule has 0 aliphatic carbocycles. The van der Waals surface area contributed by atoms with E-state index in [-0.39, 0.29) is 23.9 Å². The van der Waals surface area contributed by atoms with Crippen molar-refractivity contribution in [2.45, 2.75) is 19.9 Å². The van der Waals surface area contributed by atoms with Gasteiger partial charge in [0.2, 0.25) is 5.28 Å². The fourth-order valence-electron chi connectivity index (χ4n) is 1.67. The van der Waals surface area contributed by atoms with Crippen LogP contribution in [0.25, 0.3) is 10.9 Å². The molecule has 0 saturated carbocycles. The van der Waals surface area contributed by atoms with Crippen molar-refractivity contribution >= 4 is 28.3 Å². The molecule has 2 atom stereocenters. The first-order valence-electron chi connectivity index (χ1n) is 5.91. The SMILES string of the molecule is CC(CO)C(C)Nc1nc(Cl)nc2ccccc12. The molecule has 0 aliphatic rings. The van der Waals surface area contributed by atoms with Gasteiger partial charge < -0.3 is 10.4 Å². The molecule has 18 heavy (non-hydrogen) atoms. The molecular formula is C13H16ClN3O. The molecule has 2 N–H and O–H groups in total. The highest BCUT2D eigenvalue weighted by Gasteiger charge is 2.14. The summed E-state index contributed by atoms with van der Waals surface area (Å²) < 4.78 is 0. The van der Waals surface area contributed by atoms with E-state index in [2.05, 4.69) is 15.3 Å². The van der Waals surface area contributed by atoms with E-state index in [0.717, 1.165) is 10.9 Å². The Morgan fingerprint density at radius 1 is 1.28 bits per heavy atom. The van der Waals surface area contributed by atoms with Gasteiger partial charge in [0.1, 0.15) is 5.82 Å². The lowest BCUT2D eigenvalue weighted by atomic mass is 10.1. The number of rotatable bonds is 4. The average Bonchev–Trinajstić information content (AvgIpc) is 2.37. The summed E-state index contributed by atoms with van der Waals surface area (Å²) >= 11 is 5.91. The number of aromatic nitrogens is 2. The summed E-state index contributed by atoms with van der Waals surface area (Å²) in [5.74, 6) is 0.843. The minimum Gasteiger partial charge on any atom is -0.396 e. The molecule has 1 heterocycles. The van der Waals surface area contributed by atoms with Crippen LogP contribution in [0.3, 0.4) is 0 Å². The maximum absolute atomic E-state index is 9.15. The molecular weight excluding hydrogens is 250 g/mol. The van der Waals surface area contributed by atoms with E-state index < -0.39 is 0 Å². The number of nitrogens with zero attached hydrogens (tertiary/aromatic N) is 2. The van der Waals surface area contributed by atoms with Gasteiger partial charge in [-0.25, -0.2) is 9.97 Å². The molecule has 0 amide bonds. The Balaban J connectivity index is 2.38. The topological polar surface area (TPSA) is 58.0 Å². The molecule has 0 bridgehead atoms. The summed E-state index contributed by atoms with van der Waals surface area (Å²) in [4.78, 5) is 8.39. The van der Waals surface area contributed by atoms with Crippen LogP contribution < -0.4 is 5.32 Å². The zero-order valence-electron chi connectivity index (χ0n) is 10.4. The molecule has 1 aromatic carbocycles. The molecule has 0 radical (unpaired) electrons. The molecule has 2 unspecified atom stereocenters. The molecule has 0 saturated heterocycles. The van der Waals surface area contributed by atoms with Crippen LogP contribution in [-0.4, -0.2) is 27.7 Å². The van der Waals surface area contributed by atoms with Gasteiger partial charge in [-0.3, -0.25) is 0 Å². The third-order valence-corrected chi connectivity index (χ3v) is 3.25. The van der Waals surface area contributed by atoms with Crippen molar-refractivity contribution in [3.63, 3.8) is 0 Å². The zero-order valence-corrected chi connectivity index (χ0v) is 11.1. The van der Waals surface area contributed by atoms with Gasteiger partial charge in [-0.05, 0) is 36.6 Å². The Hall–Kier alpha value is -1.39. The lowest BCUT2D eigenvalue weighted by Crippen LogP contribution is -2.26. The second-order valence-corrected chi connectivity index (χ2v) is 4.79. The van der Waals surface area contributed by atoms with Gasteiger partial charge in [-0.15, -0.1) is 0 Å². The van der Waals surface area contributed by atoms with Crippen molar-refractivity contribution in [1.82, 2.24) is 9.97 Å². The largest absolute Gasteiger partial charge is 0.396 e. The van der Waals surface area contributed by atoms with E-state index in [1.807, 2.05) is 38.1 Å². The molecule has 4 nitrogen and oxygen atoms in total. The number of benzene rings is 1. The number of hydrogen-bond donors (Lipinski definition) is 2. The van der Waals surface area contributed by atoms with E-state index in [0.29, 0.717) is 5.82 Å². The first-order valence-corrected chi connectivity index (χ1v) is 6.29. The second kappa shape index (κ2) is 5.50. The first-order chi connectivity index (χ1) is 8.61. The third kappa shape index (κ3) is 2.71. The van der Waals surface area contributed by atoms with Crippen molar-refractivity contribution in [1.29, 1.82) is 0 Å². The summed E-state index contributed by atoms with van der Waals surface area (Å²) in [6, 6.07) is 7.79. The van der Waals surface area contributed by atoms with Crippen LogP contribution >= 0.6 is 11.6 Å². The number of para-hydroxylation sites is 1. The summed E-state index contributed by atoms with van der Waals surface area (Å²) in [6.45, 7) is 4.11. The lowest BCUT2D eigenvalue weighted by molar-refractivity contribution is 0.226. The number of hydrogen-bond acceptors (Lipinski definition) is 4. The zero-order chi connectivity index (χ0) is 13.1. The van der Waals surface area contributed by atoms with Crippen LogP contribution in [0.15, 0.2) is 24.3 Å². The Morgan fingerprint density at radius 2 is 2.00 bits per heavy atom. The van der Waals surface area contributed by atoms with Crippen LogP contribution in [0, 0.1) is 5.92 Å². The molecule has 0 aliphatic heterocycles. The van der Waals surface area contributed by atoms with Crippen LogP contribution in [0.5, 0.6) is 0 Å². The standard InChI is InChI=1S/C13H16ClN3O/c1-8(7-18)9(2)15-12-10-5-3-4-6-11(10)16-13(14)17-12/h3-6,8-9,18H,7H2,1-2H3,(H,15,16,17). The first kappa shape index (κ1) is 13.1. The predicted octanol–water partition coefficient (Wildman–Crippen LogP) is 2.71. The minimum absolute atomic E-state index is 0.101. The third-order valence-electron chi connectivity index (χ3n) is 3.08. The molecule has 2 rings (SSSR count). The van der Waals surface area contributed by atoms with E-state index in [4.69, 9.17) is 16.7 Å². The van der Waals surface area contributed by atoms with Gasteiger partial charge in [-0.2, -0.15) is 0 Å². The maximum Gasteiger partial charge on any atom is 0.224 e. The Morgan fingerprint density at radius 3 is 2.72 bits per heavy atom. The second-order valence-electron chi connectivity index (χ2n) is 4.45. The van der Waals surface area contributed by atoms with Crippen molar-refractivity contribution in [3.05, 3.63) is 29.5 Å². The maximum atomic E-state index is 9.15. The van der Waals surface area contributed by atoms with Gasteiger partial charge in [-0.1, -0.05) is 19.1 Å². The van der Waals surface area contributed by atoms with Gasteiger partial charge in [0.25, 0.3) is 0 Å². The van der Waals surface area contributed by atoms with Crippen LogP contribution in [0.2, 0.25) is 5.28 Å². The smallest absolute Gasteiger partial charge is 0.224 e. The normalized spacial score (nSPS) is 14.4. The number of halogens is 1. The monoisotopic (exact) mass is 265 g/mol. The van der Waals surface area contributed by atoms with E-state index in [9.17, 15) is 0 Å². The fourth-order valence-corrected chi connectivity index (χ4v) is 1.85. The van der Waals surface area contributed by atoms with Crippen LogP contribution in [-0.2, 0) is 0 Å². The van der Waals surface area contributed by atoms with E-state index in [1.54, 1.807) is 0 Å². The fraction of sp³-hybridized carbons (Fsp3) is 0.385. The quantitative estimate of drug-likeness (QED) is 0.835. The molecule has 2 aromatic rings. The molecule has 96 valence electrons. The number of nitrogens with one attached hydrogen (secondary N) is 1. The van der Waals surface area contributed by atoms with Gasteiger partial charge in [0, 0.05) is 18.0 Å². The van der Waals surface area contributed by atoms with Crippen LogP contribution in [0.1, 0.15) is 13.8 Å². The number of aliphatic hydroxyl groups excluding tert-OH is 1. The number of aliphatic hydroxyl groups is 1. The minimum atomic E-state index is 0.101. The molecule has 5 heteroatoms. The lowest BCUT2D eigenvalue weighted by Gasteiger charge is -2.20. The van der Waals surface area contributed by atoms with Crippen molar-refractivity contribution < 1.29 is 5.11 Å². The van der Waals surface area contributed by atoms with Gasteiger partial charge in [0.05, 0.1) is 5.52 Å². The highest BCUT2D eigenvalue weighted by atomic mass is 35.5. The van der Waals surface area contributed by atoms with Crippen LogP contribution in [0.4, 0.5) is 5.82 Å². The number of fused-ring (bicyclic) bond motifs is 1. The highest BCUT2D eigenvalue weighted by molar-refractivity contribution is 6.28. The molecule has 0 spiro atoms. The Kier molecular flexibility index (Phi) is 3.99. The van der Waals surface area contributed by atoms with Gasteiger partial charge in [0.15, 0.2) is 0 Å². The van der Waals surface area contributed by atoms with E-state index >= 15 is 0 Å². The Labute approximate surface area is 111 Å². The summed E-state index contributed by atoms with van der Waals surface area (Å²) in [6.07, 6.45) is 0. The van der Waals surface area contributed by atoms with Crippen molar-refractivity contribution in [2.75, 3.05) is 11.9 Å². The molecule has 0 fully saturated rings. The molecule has 1 aromatic heterocycles. The highest BCUT2D eigenvalue weighted by Crippen LogP contribution is 2.23. The van der Waals surface area contributed by atoms with E-state index in [1.165, 1.54) is 0 Å². The Bertz CT molecular complexity index is 547. The van der Waals surface area contributed by atoms with Crippen molar-refractivity contribution in [3.8, 4) is 0 Å². The van der Waals surface area contributed by atoms with Gasteiger partial charge >= 0.3 is 0 Å². The predicted molar refractivity (Wildman–Crippen MR) is 73.9 cm³/mol. The van der Waals surface area contributed by atoms with Crippen molar-refractivity contribution in [2.24, 2.45) is 5.92 Å². The summed E-state index contributed by atoms with van der Waals surface area (Å²) in [5.41, 5.74) is 0.809. The summed E-state index contributed by atoms with van der Waals surface area (Å²) in [5, 5.41) is 13.6. The number of anilines is 1.